The molecular weight excluding hydrogens is 256 g/mol. The van der Waals surface area contributed by atoms with Gasteiger partial charge in [-0.2, -0.15) is 0 Å². The first-order valence-electron chi connectivity index (χ1n) is 7.33. The van der Waals surface area contributed by atoms with Crippen molar-refractivity contribution in [1.29, 1.82) is 0 Å². The Labute approximate surface area is 119 Å². The Hall–Kier alpha value is -1.24. The summed E-state index contributed by atoms with van der Waals surface area (Å²) in [6, 6.07) is 1.83. The molecule has 1 aromatic heterocycles. The maximum absolute atomic E-state index is 10.2. The fourth-order valence-electron chi connectivity index (χ4n) is 2.85. The average Bonchev–Trinajstić information content (AvgIpc) is 3.03. The molecule has 0 aliphatic carbocycles. The molecule has 2 aliphatic rings. The first-order chi connectivity index (χ1) is 9.83. The van der Waals surface area contributed by atoms with Crippen LogP contribution >= 0.6 is 0 Å². The number of hydrogen-bond donors (Lipinski definition) is 1. The first kappa shape index (κ1) is 13.7. The molecular formula is C14H22N4O2. The lowest BCUT2D eigenvalue weighted by molar-refractivity contribution is 0.0540. The molecule has 1 aromatic rings. The highest BCUT2D eigenvalue weighted by atomic mass is 16.5. The zero-order chi connectivity index (χ0) is 13.8. The van der Waals surface area contributed by atoms with Crippen LogP contribution < -0.4 is 4.90 Å². The van der Waals surface area contributed by atoms with Gasteiger partial charge in [0, 0.05) is 57.6 Å². The van der Waals surface area contributed by atoms with Crippen molar-refractivity contribution >= 4 is 5.95 Å². The predicted molar refractivity (Wildman–Crippen MR) is 75.6 cm³/mol. The minimum absolute atomic E-state index is 0.267. The highest BCUT2D eigenvalue weighted by molar-refractivity contribution is 5.29. The van der Waals surface area contributed by atoms with E-state index in [2.05, 4.69) is 19.8 Å². The molecule has 0 saturated carbocycles. The van der Waals surface area contributed by atoms with Crippen molar-refractivity contribution in [2.45, 2.75) is 12.5 Å². The number of β-amino-alcohol motifs (C(OH)–C–C–N with tert-alkyl or cyclic N) is 1. The normalized spacial score (nSPS) is 25.9. The SMILES string of the molecule is OC(CN1CCN(c2ncccn2)CC1)C1CCOC1. The Morgan fingerprint density at radius 3 is 2.65 bits per heavy atom. The number of hydrogen-bond acceptors (Lipinski definition) is 6. The molecule has 6 nitrogen and oxygen atoms in total. The standard InChI is InChI=1S/C14H22N4O2/c19-13(12-2-9-20-11-12)10-17-5-7-18(8-6-17)14-15-3-1-4-16-14/h1,3-4,12-13,19H,2,5-11H2. The molecule has 1 N–H and O–H groups in total. The summed E-state index contributed by atoms with van der Waals surface area (Å²) < 4.78 is 5.34. The van der Waals surface area contributed by atoms with Gasteiger partial charge in [0.05, 0.1) is 12.7 Å². The van der Waals surface area contributed by atoms with Gasteiger partial charge in [0.1, 0.15) is 0 Å². The molecule has 0 radical (unpaired) electrons. The third kappa shape index (κ3) is 3.26. The third-order valence-electron chi connectivity index (χ3n) is 4.16. The van der Waals surface area contributed by atoms with Gasteiger partial charge in [0.15, 0.2) is 0 Å². The van der Waals surface area contributed by atoms with E-state index in [1.54, 1.807) is 12.4 Å². The lowest BCUT2D eigenvalue weighted by atomic mass is 10.0. The average molecular weight is 278 g/mol. The number of piperazine rings is 1. The van der Waals surface area contributed by atoms with E-state index in [0.29, 0.717) is 12.5 Å². The number of ether oxygens (including phenoxy) is 1. The van der Waals surface area contributed by atoms with Gasteiger partial charge in [-0.3, -0.25) is 4.90 Å². The maximum atomic E-state index is 10.2. The van der Waals surface area contributed by atoms with Crippen LogP contribution in [0.1, 0.15) is 6.42 Å². The molecule has 6 heteroatoms. The van der Waals surface area contributed by atoms with Crippen molar-refractivity contribution in [2.75, 3.05) is 50.8 Å². The van der Waals surface area contributed by atoms with Crippen LogP contribution in [0, 0.1) is 5.92 Å². The highest BCUT2D eigenvalue weighted by Crippen LogP contribution is 2.18. The number of nitrogens with zero attached hydrogens (tertiary/aromatic N) is 4. The predicted octanol–water partition coefficient (Wildman–Crippen LogP) is -0.00400. The number of rotatable bonds is 4. The lowest BCUT2D eigenvalue weighted by Crippen LogP contribution is -2.50. The molecule has 20 heavy (non-hydrogen) atoms. The minimum Gasteiger partial charge on any atom is -0.391 e. The molecule has 110 valence electrons. The highest BCUT2D eigenvalue weighted by Gasteiger charge is 2.27. The van der Waals surface area contributed by atoms with E-state index in [9.17, 15) is 5.11 Å². The van der Waals surface area contributed by atoms with Crippen LogP contribution in [0.3, 0.4) is 0 Å². The van der Waals surface area contributed by atoms with Crippen molar-refractivity contribution in [3.05, 3.63) is 18.5 Å². The van der Waals surface area contributed by atoms with Gasteiger partial charge in [-0.05, 0) is 12.5 Å². The summed E-state index contributed by atoms with van der Waals surface area (Å²) in [5.74, 6) is 1.11. The number of aliphatic hydroxyl groups excluding tert-OH is 1. The second kappa shape index (κ2) is 6.47. The summed E-state index contributed by atoms with van der Waals surface area (Å²) in [5.41, 5.74) is 0. The number of aliphatic hydroxyl groups is 1. The molecule has 0 bridgehead atoms. The molecule has 0 spiro atoms. The van der Waals surface area contributed by atoms with Crippen LogP contribution in [-0.2, 0) is 4.74 Å². The lowest BCUT2D eigenvalue weighted by Gasteiger charge is -2.36. The van der Waals surface area contributed by atoms with Gasteiger partial charge in [-0.15, -0.1) is 0 Å². The molecule has 2 saturated heterocycles. The number of anilines is 1. The van der Waals surface area contributed by atoms with Crippen molar-refractivity contribution in [3.8, 4) is 0 Å². The molecule has 2 aliphatic heterocycles. The summed E-state index contributed by atoms with van der Waals surface area (Å²) in [6.45, 7) is 5.97. The van der Waals surface area contributed by atoms with Crippen LogP contribution in [0.5, 0.6) is 0 Å². The Morgan fingerprint density at radius 1 is 1.25 bits per heavy atom. The van der Waals surface area contributed by atoms with E-state index >= 15 is 0 Å². The molecule has 2 atom stereocenters. The second-order valence-electron chi connectivity index (χ2n) is 5.53. The summed E-state index contributed by atoms with van der Waals surface area (Å²) >= 11 is 0. The Bertz CT molecular complexity index is 403. The zero-order valence-electron chi connectivity index (χ0n) is 11.7. The van der Waals surface area contributed by atoms with Gasteiger partial charge in [-0.25, -0.2) is 9.97 Å². The van der Waals surface area contributed by atoms with Crippen LogP contribution in [0.2, 0.25) is 0 Å². The Morgan fingerprint density at radius 2 is 2.00 bits per heavy atom. The Balaban J connectivity index is 1.46. The third-order valence-corrected chi connectivity index (χ3v) is 4.16. The second-order valence-corrected chi connectivity index (χ2v) is 5.53. The zero-order valence-corrected chi connectivity index (χ0v) is 11.7. The summed E-state index contributed by atoms with van der Waals surface area (Å²) in [7, 11) is 0. The fraction of sp³-hybridized carbons (Fsp3) is 0.714. The molecule has 3 heterocycles. The van der Waals surface area contributed by atoms with E-state index in [1.807, 2.05) is 6.07 Å². The van der Waals surface area contributed by atoms with E-state index in [4.69, 9.17) is 4.74 Å². The first-order valence-corrected chi connectivity index (χ1v) is 7.33. The van der Waals surface area contributed by atoms with Gasteiger partial charge in [-0.1, -0.05) is 0 Å². The van der Waals surface area contributed by atoms with Crippen molar-refractivity contribution in [2.24, 2.45) is 5.92 Å². The van der Waals surface area contributed by atoms with Gasteiger partial charge >= 0.3 is 0 Å². The van der Waals surface area contributed by atoms with Crippen LogP contribution in [0.15, 0.2) is 18.5 Å². The Kier molecular flexibility index (Phi) is 4.44. The fourth-order valence-corrected chi connectivity index (χ4v) is 2.85. The van der Waals surface area contributed by atoms with Crippen molar-refractivity contribution in [3.63, 3.8) is 0 Å². The topological polar surface area (TPSA) is 61.7 Å². The monoisotopic (exact) mass is 278 g/mol. The molecule has 2 unspecified atom stereocenters. The van der Waals surface area contributed by atoms with Crippen LogP contribution in [-0.4, -0.2) is 72.0 Å². The van der Waals surface area contributed by atoms with Gasteiger partial charge in [0.2, 0.25) is 5.95 Å². The van der Waals surface area contributed by atoms with Crippen molar-refractivity contribution in [1.82, 2.24) is 14.9 Å². The van der Waals surface area contributed by atoms with Gasteiger partial charge in [0.25, 0.3) is 0 Å². The quantitative estimate of drug-likeness (QED) is 0.836. The minimum atomic E-state index is -0.267. The van der Waals surface area contributed by atoms with Crippen LogP contribution in [0.25, 0.3) is 0 Å². The summed E-state index contributed by atoms with van der Waals surface area (Å²) in [5, 5.41) is 10.2. The molecule has 0 aromatic carbocycles. The molecule has 3 rings (SSSR count). The van der Waals surface area contributed by atoms with E-state index < -0.39 is 0 Å². The van der Waals surface area contributed by atoms with Crippen LogP contribution in [0.4, 0.5) is 5.95 Å². The summed E-state index contributed by atoms with van der Waals surface area (Å²) in [6.07, 6.45) is 4.27. The maximum Gasteiger partial charge on any atom is 0.225 e. The van der Waals surface area contributed by atoms with E-state index in [1.165, 1.54) is 0 Å². The van der Waals surface area contributed by atoms with Gasteiger partial charge < -0.3 is 14.7 Å². The summed E-state index contributed by atoms with van der Waals surface area (Å²) in [4.78, 5) is 13.1. The van der Waals surface area contributed by atoms with E-state index in [0.717, 1.165) is 51.7 Å². The molecule has 0 amide bonds. The van der Waals surface area contributed by atoms with Crippen molar-refractivity contribution < 1.29 is 9.84 Å². The molecule has 2 fully saturated rings. The smallest absolute Gasteiger partial charge is 0.225 e. The number of aromatic nitrogens is 2. The van der Waals surface area contributed by atoms with E-state index in [-0.39, 0.29) is 6.10 Å². The largest absolute Gasteiger partial charge is 0.391 e.